The van der Waals surface area contributed by atoms with Gasteiger partial charge in [-0.3, -0.25) is 4.79 Å². The fraction of sp³-hybridized carbons (Fsp3) is 0.222. The van der Waals surface area contributed by atoms with Crippen LogP contribution >= 0.6 is 11.6 Å². The van der Waals surface area contributed by atoms with Gasteiger partial charge < -0.3 is 10.5 Å². The van der Waals surface area contributed by atoms with Crippen LogP contribution in [0.4, 0.5) is 18.9 Å². The quantitative estimate of drug-likeness (QED) is 0.512. The van der Waals surface area contributed by atoms with Gasteiger partial charge in [0.2, 0.25) is 0 Å². The van der Waals surface area contributed by atoms with Crippen molar-refractivity contribution in [3.8, 4) is 5.75 Å². The van der Waals surface area contributed by atoms with Crippen molar-refractivity contribution < 1.29 is 22.7 Å². The van der Waals surface area contributed by atoms with Gasteiger partial charge in [-0.25, -0.2) is 0 Å². The molecule has 0 atom stereocenters. The first-order valence-corrected chi connectivity index (χ1v) is 4.61. The van der Waals surface area contributed by atoms with E-state index in [0.29, 0.717) is 0 Å². The average molecular weight is 254 g/mol. The van der Waals surface area contributed by atoms with Gasteiger partial charge in [0.25, 0.3) is 0 Å². The number of Topliss-reactive ketones (excluding diaryl/α,β-unsaturated/α-hetero) is 1. The lowest BCUT2D eigenvalue weighted by Gasteiger charge is -2.10. The zero-order valence-corrected chi connectivity index (χ0v) is 8.60. The SMILES string of the molecule is Nc1cc(OC(F)(F)F)cc(C(=O)CCl)c1. The Morgan fingerprint density at radius 3 is 2.50 bits per heavy atom. The molecule has 88 valence electrons. The molecule has 0 heterocycles. The third-order valence-corrected chi connectivity index (χ3v) is 1.85. The summed E-state index contributed by atoms with van der Waals surface area (Å²) < 4.78 is 39.4. The van der Waals surface area contributed by atoms with E-state index in [1.54, 1.807) is 0 Å². The molecule has 0 aliphatic carbocycles. The first-order chi connectivity index (χ1) is 7.31. The molecule has 2 N–H and O–H groups in total. The summed E-state index contributed by atoms with van der Waals surface area (Å²) in [5.74, 6) is -1.41. The standard InChI is InChI=1S/C9H7ClF3NO2/c10-4-8(15)5-1-6(14)3-7(2-5)16-9(11,12)13/h1-3H,4,14H2. The summed E-state index contributed by atoms with van der Waals surface area (Å²) >= 11 is 5.27. The molecule has 0 aliphatic rings. The predicted molar refractivity (Wildman–Crippen MR) is 52.6 cm³/mol. The number of carbonyl (C=O) groups excluding carboxylic acids is 1. The predicted octanol–water partition coefficient (Wildman–Crippen LogP) is 2.59. The van der Waals surface area contributed by atoms with Gasteiger partial charge in [0.05, 0.1) is 5.88 Å². The normalized spacial score (nSPS) is 11.2. The average Bonchev–Trinajstić information content (AvgIpc) is 2.12. The minimum absolute atomic E-state index is 0.00443. The molecule has 0 unspecified atom stereocenters. The molecule has 7 heteroatoms. The second kappa shape index (κ2) is 4.61. The summed E-state index contributed by atoms with van der Waals surface area (Å²) in [4.78, 5) is 11.2. The Morgan fingerprint density at radius 1 is 1.38 bits per heavy atom. The van der Waals surface area contributed by atoms with Crippen molar-refractivity contribution in [3.05, 3.63) is 23.8 Å². The van der Waals surface area contributed by atoms with E-state index >= 15 is 0 Å². The number of ketones is 1. The van der Waals surface area contributed by atoms with Crippen LogP contribution in [-0.4, -0.2) is 18.0 Å². The molecule has 0 aliphatic heterocycles. The first kappa shape index (κ1) is 12.6. The van der Waals surface area contributed by atoms with Gasteiger partial charge in [-0.05, 0) is 12.1 Å². The molecule has 1 aromatic rings. The molecule has 0 saturated carbocycles. The summed E-state index contributed by atoms with van der Waals surface area (Å²) in [5.41, 5.74) is 5.30. The minimum atomic E-state index is -4.82. The molecule has 0 saturated heterocycles. The van der Waals surface area contributed by atoms with Gasteiger partial charge >= 0.3 is 6.36 Å². The van der Waals surface area contributed by atoms with Gasteiger partial charge in [0, 0.05) is 17.3 Å². The Bertz CT molecular complexity index is 406. The number of benzene rings is 1. The summed E-state index contributed by atoms with van der Waals surface area (Å²) in [6.07, 6.45) is -4.82. The van der Waals surface area contributed by atoms with E-state index in [-0.39, 0.29) is 17.1 Å². The molecule has 0 fully saturated rings. The number of hydrogen-bond acceptors (Lipinski definition) is 3. The third-order valence-electron chi connectivity index (χ3n) is 1.61. The maximum Gasteiger partial charge on any atom is 0.573 e. The molecule has 0 bridgehead atoms. The fourth-order valence-corrected chi connectivity index (χ4v) is 1.21. The Kier molecular flexibility index (Phi) is 3.64. The van der Waals surface area contributed by atoms with Gasteiger partial charge in [-0.15, -0.1) is 24.8 Å². The van der Waals surface area contributed by atoms with Crippen LogP contribution in [0.15, 0.2) is 18.2 Å². The lowest BCUT2D eigenvalue weighted by molar-refractivity contribution is -0.274. The van der Waals surface area contributed by atoms with Crippen LogP contribution in [0.2, 0.25) is 0 Å². The smallest absolute Gasteiger partial charge is 0.406 e. The van der Waals surface area contributed by atoms with Crippen LogP contribution in [0.25, 0.3) is 0 Å². The van der Waals surface area contributed by atoms with Crippen LogP contribution < -0.4 is 10.5 Å². The number of nitrogens with two attached hydrogens (primary N) is 1. The van der Waals surface area contributed by atoms with Crippen LogP contribution in [0, 0.1) is 0 Å². The number of ether oxygens (including phenoxy) is 1. The molecular formula is C9H7ClF3NO2. The summed E-state index contributed by atoms with van der Waals surface area (Å²) in [7, 11) is 0. The lowest BCUT2D eigenvalue weighted by atomic mass is 10.1. The summed E-state index contributed by atoms with van der Waals surface area (Å²) in [6.45, 7) is 0. The van der Waals surface area contributed by atoms with E-state index in [1.165, 1.54) is 6.07 Å². The topological polar surface area (TPSA) is 52.3 Å². The number of halogens is 4. The Hall–Kier alpha value is -1.43. The van der Waals surface area contributed by atoms with E-state index in [9.17, 15) is 18.0 Å². The number of hydrogen-bond donors (Lipinski definition) is 1. The van der Waals surface area contributed by atoms with E-state index in [0.717, 1.165) is 12.1 Å². The number of alkyl halides is 4. The van der Waals surface area contributed by atoms with Crippen molar-refractivity contribution in [1.29, 1.82) is 0 Å². The minimum Gasteiger partial charge on any atom is -0.406 e. The van der Waals surface area contributed by atoms with Crippen molar-refractivity contribution in [2.75, 3.05) is 11.6 Å². The van der Waals surface area contributed by atoms with Crippen molar-refractivity contribution in [1.82, 2.24) is 0 Å². The highest BCUT2D eigenvalue weighted by Gasteiger charge is 2.31. The van der Waals surface area contributed by atoms with E-state index in [2.05, 4.69) is 4.74 Å². The van der Waals surface area contributed by atoms with Crippen molar-refractivity contribution >= 4 is 23.1 Å². The Morgan fingerprint density at radius 2 is 2.00 bits per heavy atom. The molecule has 3 nitrogen and oxygen atoms in total. The van der Waals surface area contributed by atoms with E-state index < -0.39 is 17.9 Å². The first-order valence-electron chi connectivity index (χ1n) is 4.07. The highest BCUT2D eigenvalue weighted by molar-refractivity contribution is 6.30. The number of anilines is 1. The molecule has 0 aromatic heterocycles. The third kappa shape index (κ3) is 3.62. The molecule has 1 rings (SSSR count). The molecule has 0 radical (unpaired) electrons. The second-order valence-corrected chi connectivity index (χ2v) is 3.16. The molecular weight excluding hydrogens is 247 g/mol. The Labute approximate surface area is 93.9 Å². The van der Waals surface area contributed by atoms with Gasteiger partial charge in [-0.1, -0.05) is 0 Å². The van der Waals surface area contributed by atoms with Gasteiger partial charge in [0.1, 0.15) is 5.75 Å². The zero-order chi connectivity index (χ0) is 12.3. The monoisotopic (exact) mass is 253 g/mol. The lowest BCUT2D eigenvalue weighted by Crippen LogP contribution is -2.17. The zero-order valence-electron chi connectivity index (χ0n) is 7.84. The van der Waals surface area contributed by atoms with Crippen LogP contribution in [0.3, 0.4) is 0 Å². The van der Waals surface area contributed by atoms with Gasteiger partial charge in [0.15, 0.2) is 5.78 Å². The van der Waals surface area contributed by atoms with E-state index in [4.69, 9.17) is 17.3 Å². The van der Waals surface area contributed by atoms with Crippen molar-refractivity contribution in [2.24, 2.45) is 0 Å². The largest absolute Gasteiger partial charge is 0.573 e. The van der Waals surface area contributed by atoms with Crippen molar-refractivity contribution in [2.45, 2.75) is 6.36 Å². The second-order valence-electron chi connectivity index (χ2n) is 2.90. The van der Waals surface area contributed by atoms with Crippen LogP contribution in [-0.2, 0) is 0 Å². The van der Waals surface area contributed by atoms with E-state index in [1.807, 2.05) is 0 Å². The molecule has 16 heavy (non-hydrogen) atoms. The van der Waals surface area contributed by atoms with Crippen molar-refractivity contribution in [3.63, 3.8) is 0 Å². The maximum absolute atomic E-state index is 11.9. The highest BCUT2D eigenvalue weighted by Crippen LogP contribution is 2.26. The highest BCUT2D eigenvalue weighted by atomic mass is 35.5. The van der Waals surface area contributed by atoms with Gasteiger partial charge in [-0.2, -0.15) is 0 Å². The Balaban J connectivity index is 3.03. The van der Waals surface area contributed by atoms with Crippen LogP contribution in [0.5, 0.6) is 5.75 Å². The molecule has 1 aromatic carbocycles. The molecule has 0 amide bonds. The fourth-order valence-electron chi connectivity index (χ4n) is 1.05. The van der Waals surface area contributed by atoms with Crippen LogP contribution in [0.1, 0.15) is 10.4 Å². The summed E-state index contributed by atoms with van der Waals surface area (Å²) in [6, 6.07) is 3.14. The number of carbonyl (C=O) groups is 1. The summed E-state index contributed by atoms with van der Waals surface area (Å²) in [5, 5.41) is 0. The maximum atomic E-state index is 11.9. The number of rotatable bonds is 3. The molecule has 0 spiro atoms. The number of nitrogen functional groups attached to an aromatic ring is 1.